The van der Waals surface area contributed by atoms with Gasteiger partial charge >= 0.3 is 0 Å². The molecule has 162 valence electrons. The Hall–Kier alpha value is -3.19. The van der Waals surface area contributed by atoms with Gasteiger partial charge in [-0.15, -0.1) is 0 Å². The molecule has 7 nitrogen and oxygen atoms in total. The second kappa shape index (κ2) is 8.51. The topological polar surface area (TPSA) is 90.5 Å². The van der Waals surface area contributed by atoms with Crippen LogP contribution in [-0.4, -0.2) is 42.9 Å². The number of anilines is 1. The highest BCUT2D eigenvalue weighted by Gasteiger charge is 2.48. The molecular formula is C24H28N4O3. The zero-order valence-corrected chi connectivity index (χ0v) is 18.0. The smallest absolute Gasteiger partial charge is 0.250 e. The van der Waals surface area contributed by atoms with Gasteiger partial charge in [-0.05, 0) is 30.7 Å². The van der Waals surface area contributed by atoms with Crippen molar-refractivity contribution in [2.24, 2.45) is 0 Å². The summed E-state index contributed by atoms with van der Waals surface area (Å²) in [5, 5.41) is 8.76. The molecule has 2 aliphatic rings. The van der Waals surface area contributed by atoms with Crippen LogP contribution in [0, 0.1) is 0 Å². The van der Waals surface area contributed by atoms with E-state index >= 15 is 0 Å². The van der Waals surface area contributed by atoms with Crippen LogP contribution < -0.4 is 20.9 Å². The van der Waals surface area contributed by atoms with Gasteiger partial charge in [-0.2, -0.15) is 0 Å². The van der Waals surface area contributed by atoms with E-state index in [1.165, 1.54) is 0 Å². The molecule has 3 amide bonds. The lowest BCUT2D eigenvalue weighted by Crippen LogP contribution is -2.60. The van der Waals surface area contributed by atoms with Gasteiger partial charge in [-0.1, -0.05) is 55.5 Å². The van der Waals surface area contributed by atoms with Crippen LogP contribution in [-0.2, 0) is 27.3 Å². The number of amides is 3. The first-order valence-corrected chi connectivity index (χ1v) is 10.7. The maximum absolute atomic E-state index is 13.5. The van der Waals surface area contributed by atoms with Crippen molar-refractivity contribution < 1.29 is 14.4 Å². The minimum Gasteiger partial charge on any atom is -0.350 e. The maximum Gasteiger partial charge on any atom is 0.250 e. The predicted octanol–water partition coefficient (Wildman–Crippen LogP) is 1.47. The molecule has 0 saturated heterocycles. The largest absolute Gasteiger partial charge is 0.350 e. The van der Waals surface area contributed by atoms with Crippen LogP contribution >= 0.6 is 0 Å². The number of hydrogen-bond donors (Lipinski definition) is 3. The van der Waals surface area contributed by atoms with E-state index < -0.39 is 18.1 Å². The first-order valence-electron chi connectivity index (χ1n) is 10.7. The standard InChI is InChI=1S/C24H28N4O3/c1-14-18-11-7-10-17-12-19(23(30)26-13-16-8-5-4-6-9-16)28(21(17)18)24(31)20(14)27-22(29)15(2)25-3/h4-11,14-15,19-20,25H,12-13H2,1-3H3,(H,26,30)(H,27,29)/t14?,15-,19-,20-/m0/s1. The van der Waals surface area contributed by atoms with Crippen molar-refractivity contribution in [2.45, 2.75) is 50.9 Å². The molecule has 4 rings (SSSR count). The summed E-state index contributed by atoms with van der Waals surface area (Å²) >= 11 is 0. The van der Waals surface area contributed by atoms with E-state index in [1.807, 2.05) is 55.5 Å². The first kappa shape index (κ1) is 21.1. The Morgan fingerprint density at radius 1 is 1.13 bits per heavy atom. The normalized spacial score (nSPS) is 22.6. The van der Waals surface area contributed by atoms with E-state index in [4.69, 9.17) is 0 Å². The van der Waals surface area contributed by atoms with Gasteiger partial charge in [-0.25, -0.2) is 0 Å². The molecule has 2 aromatic carbocycles. The monoisotopic (exact) mass is 420 g/mol. The van der Waals surface area contributed by atoms with E-state index in [0.717, 1.165) is 22.4 Å². The fraction of sp³-hybridized carbons (Fsp3) is 0.375. The van der Waals surface area contributed by atoms with Crippen LogP contribution in [0.25, 0.3) is 0 Å². The number of nitrogens with one attached hydrogen (secondary N) is 3. The van der Waals surface area contributed by atoms with Gasteiger partial charge in [0.2, 0.25) is 11.8 Å². The minimum atomic E-state index is -0.714. The molecule has 4 atom stereocenters. The highest BCUT2D eigenvalue weighted by molar-refractivity contribution is 6.09. The van der Waals surface area contributed by atoms with Crippen molar-refractivity contribution in [3.63, 3.8) is 0 Å². The maximum atomic E-state index is 13.5. The summed E-state index contributed by atoms with van der Waals surface area (Å²) in [7, 11) is 1.70. The van der Waals surface area contributed by atoms with E-state index in [0.29, 0.717) is 13.0 Å². The predicted molar refractivity (Wildman–Crippen MR) is 119 cm³/mol. The number of para-hydroxylation sites is 1. The fourth-order valence-electron chi connectivity index (χ4n) is 4.41. The Morgan fingerprint density at radius 2 is 1.87 bits per heavy atom. The fourth-order valence-corrected chi connectivity index (χ4v) is 4.41. The SMILES string of the molecule is CN[C@@H](C)C(=O)N[C@@H]1C(=O)N2c3c(cccc3C1C)C[C@H]2C(=O)NCc1ccccc1. The lowest BCUT2D eigenvalue weighted by Gasteiger charge is -2.38. The van der Waals surface area contributed by atoms with Gasteiger partial charge in [-0.3, -0.25) is 19.3 Å². The summed E-state index contributed by atoms with van der Waals surface area (Å²) < 4.78 is 0. The Kier molecular flexibility index (Phi) is 5.78. The molecule has 31 heavy (non-hydrogen) atoms. The highest BCUT2D eigenvalue weighted by Crippen LogP contribution is 2.44. The van der Waals surface area contributed by atoms with Crippen LogP contribution in [0.5, 0.6) is 0 Å². The van der Waals surface area contributed by atoms with Crippen LogP contribution in [0.4, 0.5) is 5.69 Å². The lowest BCUT2D eigenvalue weighted by atomic mass is 9.86. The third-order valence-electron chi connectivity index (χ3n) is 6.35. The number of carbonyl (C=O) groups excluding carboxylic acids is 3. The number of hydrogen-bond acceptors (Lipinski definition) is 4. The summed E-state index contributed by atoms with van der Waals surface area (Å²) in [6, 6.07) is 13.8. The summed E-state index contributed by atoms with van der Waals surface area (Å²) in [6.45, 7) is 4.09. The van der Waals surface area contributed by atoms with E-state index in [9.17, 15) is 14.4 Å². The van der Waals surface area contributed by atoms with Gasteiger partial charge in [0, 0.05) is 18.9 Å². The van der Waals surface area contributed by atoms with Crippen molar-refractivity contribution >= 4 is 23.4 Å². The van der Waals surface area contributed by atoms with E-state index in [2.05, 4.69) is 16.0 Å². The molecule has 0 aliphatic carbocycles. The van der Waals surface area contributed by atoms with E-state index in [-0.39, 0.29) is 23.6 Å². The molecule has 2 aliphatic heterocycles. The molecule has 0 aromatic heterocycles. The van der Waals surface area contributed by atoms with Crippen LogP contribution in [0.15, 0.2) is 48.5 Å². The second-order valence-electron chi connectivity index (χ2n) is 8.27. The second-order valence-corrected chi connectivity index (χ2v) is 8.27. The molecule has 0 bridgehead atoms. The van der Waals surface area contributed by atoms with Gasteiger partial charge in [0.25, 0.3) is 5.91 Å². The Balaban J connectivity index is 1.60. The molecular weight excluding hydrogens is 392 g/mol. The van der Waals surface area contributed by atoms with Crippen LogP contribution in [0.3, 0.4) is 0 Å². The lowest BCUT2D eigenvalue weighted by molar-refractivity contribution is -0.130. The molecule has 7 heteroatoms. The van der Waals surface area contributed by atoms with Crippen molar-refractivity contribution in [2.75, 3.05) is 11.9 Å². The highest BCUT2D eigenvalue weighted by atomic mass is 16.2. The van der Waals surface area contributed by atoms with Crippen molar-refractivity contribution in [3.8, 4) is 0 Å². The van der Waals surface area contributed by atoms with Crippen molar-refractivity contribution in [3.05, 3.63) is 65.2 Å². The van der Waals surface area contributed by atoms with E-state index in [1.54, 1.807) is 18.9 Å². The zero-order chi connectivity index (χ0) is 22.1. The van der Waals surface area contributed by atoms with Gasteiger partial charge in [0.1, 0.15) is 12.1 Å². The molecule has 0 fully saturated rings. The average molecular weight is 421 g/mol. The molecule has 0 spiro atoms. The molecule has 0 radical (unpaired) electrons. The first-order chi connectivity index (χ1) is 14.9. The Bertz CT molecular complexity index is 1010. The molecule has 1 unspecified atom stereocenters. The Labute approximate surface area is 182 Å². The third kappa shape index (κ3) is 3.81. The summed E-state index contributed by atoms with van der Waals surface area (Å²) in [6.07, 6.45) is 0.468. The number of carbonyl (C=O) groups is 3. The number of benzene rings is 2. The molecule has 0 saturated carbocycles. The van der Waals surface area contributed by atoms with Crippen molar-refractivity contribution in [1.82, 2.24) is 16.0 Å². The number of nitrogens with zero attached hydrogens (tertiary/aromatic N) is 1. The van der Waals surface area contributed by atoms with Crippen LogP contribution in [0.1, 0.15) is 36.5 Å². The molecule has 3 N–H and O–H groups in total. The van der Waals surface area contributed by atoms with Crippen LogP contribution in [0.2, 0.25) is 0 Å². The van der Waals surface area contributed by atoms with Gasteiger partial charge < -0.3 is 16.0 Å². The third-order valence-corrected chi connectivity index (χ3v) is 6.35. The molecule has 2 aromatic rings. The Morgan fingerprint density at radius 3 is 2.58 bits per heavy atom. The summed E-state index contributed by atoms with van der Waals surface area (Å²) in [4.78, 5) is 40.7. The minimum absolute atomic E-state index is 0.183. The van der Waals surface area contributed by atoms with Crippen molar-refractivity contribution in [1.29, 1.82) is 0 Å². The summed E-state index contributed by atoms with van der Waals surface area (Å²) in [5.74, 6) is -0.849. The molecule has 2 heterocycles. The number of likely N-dealkylation sites (N-methyl/N-ethyl adjacent to an activating group) is 1. The summed E-state index contributed by atoms with van der Waals surface area (Å²) in [5.41, 5.74) is 3.80. The number of rotatable bonds is 6. The average Bonchev–Trinajstić information content (AvgIpc) is 3.19. The quantitative estimate of drug-likeness (QED) is 0.660. The zero-order valence-electron chi connectivity index (χ0n) is 18.0. The van der Waals surface area contributed by atoms with Gasteiger partial charge in [0.15, 0.2) is 0 Å². The van der Waals surface area contributed by atoms with Gasteiger partial charge in [0.05, 0.1) is 11.7 Å².